The van der Waals surface area contributed by atoms with Gasteiger partial charge in [-0.15, -0.1) is 0 Å². The first-order valence-corrected chi connectivity index (χ1v) is 12.4. The Morgan fingerprint density at radius 2 is 1.76 bits per heavy atom. The number of fused-ring (bicyclic) bond motifs is 1. The molecule has 1 amide bonds. The summed E-state index contributed by atoms with van der Waals surface area (Å²) in [6, 6.07) is 19.9. The molecule has 176 valence electrons. The predicted octanol–water partition coefficient (Wildman–Crippen LogP) is 4.49. The lowest BCUT2D eigenvalue weighted by Gasteiger charge is -2.23. The molecular formula is C24H22ClN3O5S. The molecule has 3 aromatic carbocycles. The van der Waals surface area contributed by atoms with Crippen molar-refractivity contribution in [3.8, 4) is 0 Å². The Morgan fingerprint density at radius 1 is 1.06 bits per heavy atom. The van der Waals surface area contributed by atoms with Gasteiger partial charge in [0, 0.05) is 25.2 Å². The summed E-state index contributed by atoms with van der Waals surface area (Å²) >= 11 is 6.24. The van der Waals surface area contributed by atoms with E-state index in [4.69, 9.17) is 16.0 Å². The lowest BCUT2D eigenvalue weighted by molar-refractivity contribution is -0.116. The number of nitrogens with one attached hydrogen (secondary N) is 1. The summed E-state index contributed by atoms with van der Waals surface area (Å²) in [5.74, 6) is -0.937. The van der Waals surface area contributed by atoms with Gasteiger partial charge in [-0.2, -0.15) is 0 Å². The van der Waals surface area contributed by atoms with Crippen LogP contribution in [-0.2, 0) is 21.4 Å². The fourth-order valence-electron chi connectivity index (χ4n) is 3.65. The number of benzene rings is 3. The minimum Gasteiger partial charge on any atom is -0.408 e. The van der Waals surface area contributed by atoms with Crippen LogP contribution in [0.1, 0.15) is 13.3 Å². The summed E-state index contributed by atoms with van der Waals surface area (Å²) < 4.78 is 34.5. The van der Waals surface area contributed by atoms with E-state index in [1.54, 1.807) is 61.5 Å². The SMILES string of the molecule is CCN(c1ccccc1)S(=O)(=O)c1cc(NC(=O)CCn2c(=O)oc3ccccc32)ccc1Cl. The van der Waals surface area contributed by atoms with E-state index in [0.717, 1.165) is 0 Å². The number of sulfonamides is 1. The minimum absolute atomic E-state index is 0.0146. The highest BCUT2D eigenvalue weighted by Crippen LogP contribution is 2.30. The number of aryl methyl sites for hydroxylation is 1. The Hall–Kier alpha value is -3.56. The van der Waals surface area contributed by atoms with Crippen molar-refractivity contribution in [2.75, 3.05) is 16.2 Å². The van der Waals surface area contributed by atoms with Gasteiger partial charge in [0.15, 0.2) is 5.58 Å². The van der Waals surface area contributed by atoms with E-state index in [1.807, 2.05) is 0 Å². The number of halogens is 1. The van der Waals surface area contributed by atoms with Crippen molar-refractivity contribution < 1.29 is 17.6 Å². The van der Waals surface area contributed by atoms with E-state index in [1.165, 1.54) is 27.1 Å². The van der Waals surface area contributed by atoms with Gasteiger partial charge in [-0.25, -0.2) is 13.2 Å². The standard InChI is InChI=1S/C24H22ClN3O5S/c1-2-28(18-8-4-3-5-9-18)34(31,32)22-16-17(12-13-19(22)25)26-23(29)14-15-27-20-10-6-7-11-21(20)33-24(27)30/h3-13,16H,2,14-15H2,1H3,(H,26,29). The highest BCUT2D eigenvalue weighted by molar-refractivity contribution is 7.93. The molecule has 4 aromatic rings. The zero-order chi connectivity index (χ0) is 24.3. The van der Waals surface area contributed by atoms with Gasteiger partial charge < -0.3 is 9.73 Å². The van der Waals surface area contributed by atoms with Gasteiger partial charge in [-0.1, -0.05) is 41.9 Å². The molecular weight excluding hydrogens is 478 g/mol. The first-order valence-electron chi connectivity index (χ1n) is 10.6. The van der Waals surface area contributed by atoms with Crippen LogP contribution in [0.3, 0.4) is 0 Å². The van der Waals surface area contributed by atoms with Crippen molar-refractivity contribution in [2.24, 2.45) is 0 Å². The average Bonchev–Trinajstić information content (AvgIpc) is 3.14. The lowest BCUT2D eigenvalue weighted by Crippen LogP contribution is -2.31. The van der Waals surface area contributed by atoms with Crippen molar-refractivity contribution in [1.29, 1.82) is 0 Å². The number of anilines is 2. The van der Waals surface area contributed by atoms with Crippen LogP contribution < -0.4 is 15.4 Å². The largest absolute Gasteiger partial charge is 0.419 e. The van der Waals surface area contributed by atoms with Gasteiger partial charge in [0.25, 0.3) is 10.0 Å². The molecule has 10 heteroatoms. The lowest BCUT2D eigenvalue weighted by atomic mass is 10.3. The zero-order valence-electron chi connectivity index (χ0n) is 18.3. The van der Waals surface area contributed by atoms with Crippen LogP contribution in [-0.4, -0.2) is 25.4 Å². The molecule has 4 rings (SSSR count). The highest BCUT2D eigenvalue weighted by atomic mass is 35.5. The number of rotatable bonds is 8. The second kappa shape index (κ2) is 9.74. The summed E-state index contributed by atoms with van der Waals surface area (Å²) in [6.45, 7) is 2.04. The number of para-hydroxylation sites is 3. The molecule has 0 atom stereocenters. The van der Waals surface area contributed by atoms with Gasteiger partial charge in [-0.3, -0.25) is 13.7 Å². The second-order valence-electron chi connectivity index (χ2n) is 7.44. The average molecular weight is 500 g/mol. The Labute approximate surface area is 201 Å². The summed E-state index contributed by atoms with van der Waals surface area (Å²) in [5.41, 5.74) is 1.83. The number of nitrogens with zero attached hydrogens (tertiary/aromatic N) is 2. The number of hydrogen-bond donors (Lipinski definition) is 1. The van der Waals surface area contributed by atoms with Gasteiger partial charge in [-0.05, 0) is 49.4 Å². The maximum absolute atomic E-state index is 13.3. The molecule has 0 bridgehead atoms. The highest BCUT2D eigenvalue weighted by Gasteiger charge is 2.26. The normalized spacial score (nSPS) is 11.5. The molecule has 0 fully saturated rings. The summed E-state index contributed by atoms with van der Waals surface area (Å²) in [7, 11) is -3.98. The van der Waals surface area contributed by atoms with Crippen molar-refractivity contribution in [2.45, 2.75) is 24.8 Å². The molecule has 0 saturated heterocycles. The van der Waals surface area contributed by atoms with E-state index in [9.17, 15) is 18.0 Å². The first-order chi connectivity index (χ1) is 16.3. The van der Waals surface area contributed by atoms with Crippen molar-refractivity contribution in [3.63, 3.8) is 0 Å². The molecule has 8 nitrogen and oxygen atoms in total. The molecule has 0 spiro atoms. The van der Waals surface area contributed by atoms with Crippen LogP contribution >= 0.6 is 11.6 Å². The smallest absolute Gasteiger partial charge is 0.408 e. The Kier molecular flexibility index (Phi) is 6.76. The van der Waals surface area contributed by atoms with Gasteiger partial charge in [0.1, 0.15) is 4.90 Å². The maximum atomic E-state index is 13.3. The molecule has 0 aliphatic carbocycles. The van der Waals surface area contributed by atoms with Gasteiger partial charge >= 0.3 is 5.76 Å². The van der Waals surface area contributed by atoms with Crippen molar-refractivity contribution in [1.82, 2.24) is 4.57 Å². The number of amides is 1. The van der Waals surface area contributed by atoms with E-state index in [2.05, 4.69) is 5.32 Å². The van der Waals surface area contributed by atoms with Crippen molar-refractivity contribution >= 4 is 50.0 Å². The van der Waals surface area contributed by atoms with E-state index in [-0.39, 0.29) is 35.1 Å². The number of oxazole rings is 1. The van der Waals surface area contributed by atoms with Gasteiger partial charge in [0.05, 0.1) is 16.2 Å². The number of hydrogen-bond acceptors (Lipinski definition) is 5. The Morgan fingerprint density at radius 3 is 2.50 bits per heavy atom. The molecule has 1 aromatic heterocycles. The fraction of sp³-hybridized carbons (Fsp3) is 0.167. The van der Waals surface area contributed by atoms with Crippen molar-refractivity contribution in [3.05, 3.63) is 88.4 Å². The number of carbonyl (C=O) groups excluding carboxylic acids is 1. The first kappa shape index (κ1) is 23.6. The molecule has 0 saturated carbocycles. The topological polar surface area (TPSA) is 102 Å². The van der Waals surface area contributed by atoms with Crippen LogP contribution in [0.2, 0.25) is 5.02 Å². The summed E-state index contributed by atoms with van der Waals surface area (Å²) in [6.07, 6.45) is -0.0146. The third-order valence-corrected chi connectivity index (χ3v) is 7.64. The van der Waals surface area contributed by atoms with Crippen LogP contribution in [0.4, 0.5) is 11.4 Å². The maximum Gasteiger partial charge on any atom is 0.419 e. The number of aromatic nitrogens is 1. The molecule has 0 unspecified atom stereocenters. The molecule has 0 aliphatic heterocycles. The van der Waals surface area contributed by atoms with Crippen LogP contribution in [0.25, 0.3) is 11.1 Å². The summed E-state index contributed by atoms with van der Waals surface area (Å²) in [4.78, 5) is 24.5. The Balaban J connectivity index is 1.53. The predicted molar refractivity (Wildman–Crippen MR) is 132 cm³/mol. The zero-order valence-corrected chi connectivity index (χ0v) is 19.8. The quantitative estimate of drug-likeness (QED) is 0.385. The third kappa shape index (κ3) is 4.71. The second-order valence-corrected chi connectivity index (χ2v) is 9.67. The van der Waals surface area contributed by atoms with Crippen LogP contribution in [0.5, 0.6) is 0 Å². The van der Waals surface area contributed by atoms with Gasteiger partial charge in [0.2, 0.25) is 5.91 Å². The fourth-order valence-corrected chi connectivity index (χ4v) is 5.62. The van der Waals surface area contributed by atoms with Crippen LogP contribution in [0, 0.1) is 0 Å². The van der Waals surface area contributed by atoms with E-state index < -0.39 is 21.7 Å². The molecule has 0 radical (unpaired) electrons. The summed E-state index contributed by atoms with van der Waals surface area (Å²) in [5, 5.41) is 2.73. The van der Waals surface area contributed by atoms with Crippen LogP contribution in [0.15, 0.2) is 86.9 Å². The third-order valence-electron chi connectivity index (χ3n) is 5.25. The monoisotopic (exact) mass is 499 g/mol. The molecule has 1 heterocycles. The van der Waals surface area contributed by atoms with E-state index in [0.29, 0.717) is 16.8 Å². The van der Waals surface area contributed by atoms with E-state index >= 15 is 0 Å². The molecule has 34 heavy (non-hydrogen) atoms. The molecule has 1 N–H and O–H groups in total. The Bertz CT molecular complexity index is 1500. The number of carbonyl (C=O) groups is 1. The minimum atomic E-state index is -3.98. The molecule has 0 aliphatic rings.